The molecule has 0 heterocycles. The molecule has 0 amide bonds. The van der Waals surface area contributed by atoms with Gasteiger partial charge in [0, 0.05) is 9.49 Å². The summed E-state index contributed by atoms with van der Waals surface area (Å²) in [6, 6.07) is 0. The Balaban J connectivity index is 1.60. The van der Waals surface area contributed by atoms with E-state index >= 15 is 0 Å². The van der Waals surface area contributed by atoms with Gasteiger partial charge in [-0.05, 0) is 85.9 Å². The van der Waals surface area contributed by atoms with Crippen molar-refractivity contribution in [1.29, 1.82) is 0 Å². The van der Waals surface area contributed by atoms with Crippen LogP contribution in [0.25, 0.3) is 0 Å². The van der Waals surface area contributed by atoms with Crippen molar-refractivity contribution in [3.05, 3.63) is 0 Å². The second-order valence-electron chi connectivity index (χ2n) is 13.7. The average Bonchev–Trinajstić information content (AvgIpc) is 2.59. The van der Waals surface area contributed by atoms with Crippen molar-refractivity contribution >= 4 is 11.8 Å². The standard InChI is InChI=1S/C28H50S/c1-25(2,3)21-13-7-9-15-23(21)27(17-11-18-27)29-28(19-12-20-28)24-16-10-8-14-22(24)26(4,5)6/h21-24H,7-20H2,1-6H3. The molecule has 0 spiro atoms. The third kappa shape index (κ3) is 4.21. The average molecular weight is 419 g/mol. The van der Waals surface area contributed by atoms with E-state index in [0.29, 0.717) is 20.3 Å². The maximum Gasteiger partial charge on any atom is 0.0196 e. The number of hydrogen-bond donors (Lipinski definition) is 0. The van der Waals surface area contributed by atoms with Crippen LogP contribution in [0.5, 0.6) is 0 Å². The summed E-state index contributed by atoms with van der Waals surface area (Å²) in [6.45, 7) is 15.3. The summed E-state index contributed by atoms with van der Waals surface area (Å²) in [6.07, 6.45) is 21.2. The van der Waals surface area contributed by atoms with Crippen LogP contribution in [0.1, 0.15) is 131 Å². The Morgan fingerprint density at radius 1 is 0.517 bits per heavy atom. The number of thioether (sulfide) groups is 1. The van der Waals surface area contributed by atoms with Gasteiger partial charge in [-0.1, -0.05) is 80.1 Å². The molecule has 4 fully saturated rings. The quantitative estimate of drug-likeness (QED) is 0.438. The molecular weight excluding hydrogens is 368 g/mol. The molecule has 0 aromatic carbocycles. The lowest BCUT2D eigenvalue weighted by molar-refractivity contribution is 0.0392. The van der Waals surface area contributed by atoms with Gasteiger partial charge < -0.3 is 0 Å². The Morgan fingerprint density at radius 3 is 1.14 bits per heavy atom. The van der Waals surface area contributed by atoms with Gasteiger partial charge in [-0.15, -0.1) is 11.8 Å². The highest BCUT2D eigenvalue weighted by Gasteiger charge is 2.58. The first-order chi connectivity index (χ1) is 13.6. The molecule has 4 unspecified atom stereocenters. The van der Waals surface area contributed by atoms with E-state index in [-0.39, 0.29) is 0 Å². The fourth-order valence-electron chi connectivity index (χ4n) is 8.15. The highest BCUT2D eigenvalue weighted by Crippen LogP contribution is 2.67. The molecule has 0 saturated heterocycles. The molecule has 4 atom stereocenters. The molecule has 29 heavy (non-hydrogen) atoms. The molecule has 0 N–H and O–H groups in total. The Hall–Kier alpha value is 0.350. The van der Waals surface area contributed by atoms with Gasteiger partial charge >= 0.3 is 0 Å². The van der Waals surface area contributed by atoms with Gasteiger partial charge in [0.1, 0.15) is 0 Å². The van der Waals surface area contributed by atoms with Crippen LogP contribution in [0.4, 0.5) is 0 Å². The molecule has 4 aliphatic carbocycles. The summed E-state index contributed by atoms with van der Waals surface area (Å²) in [5, 5.41) is 0. The van der Waals surface area contributed by atoms with Crippen molar-refractivity contribution in [2.75, 3.05) is 0 Å². The van der Waals surface area contributed by atoms with E-state index in [1.165, 1.54) is 89.9 Å². The third-order valence-corrected chi connectivity index (χ3v) is 12.1. The molecule has 0 aromatic heterocycles. The van der Waals surface area contributed by atoms with E-state index in [4.69, 9.17) is 0 Å². The van der Waals surface area contributed by atoms with Gasteiger partial charge in [-0.25, -0.2) is 0 Å². The van der Waals surface area contributed by atoms with Crippen LogP contribution >= 0.6 is 11.8 Å². The van der Waals surface area contributed by atoms with Gasteiger partial charge in [-0.2, -0.15) is 0 Å². The van der Waals surface area contributed by atoms with Crippen LogP contribution in [-0.4, -0.2) is 9.49 Å². The molecule has 0 bridgehead atoms. The maximum atomic E-state index is 2.62. The zero-order valence-electron chi connectivity index (χ0n) is 20.6. The van der Waals surface area contributed by atoms with Crippen LogP contribution in [0, 0.1) is 34.5 Å². The van der Waals surface area contributed by atoms with Crippen molar-refractivity contribution < 1.29 is 0 Å². The topological polar surface area (TPSA) is 0 Å². The Kier molecular flexibility index (Phi) is 6.25. The molecule has 0 nitrogen and oxygen atoms in total. The fourth-order valence-corrected chi connectivity index (χ4v) is 10.8. The van der Waals surface area contributed by atoms with E-state index in [9.17, 15) is 0 Å². The maximum absolute atomic E-state index is 2.62. The van der Waals surface area contributed by atoms with Crippen molar-refractivity contribution in [2.24, 2.45) is 34.5 Å². The van der Waals surface area contributed by atoms with Crippen LogP contribution < -0.4 is 0 Å². The minimum absolute atomic E-state index is 0.486. The van der Waals surface area contributed by atoms with Crippen molar-refractivity contribution in [2.45, 2.75) is 141 Å². The Labute approximate surface area is 187 Å². The van der Waals surface area contributed by atoms with Gasteiger partial charge in [0.15, 0.2) is 0 Å². The van der Waals surface area contributed by atoms with Gasteiger partial charge in [-0.3, -0.25) is 0 Å². The summed E-state index contributed by atoms with van der Waals surface area (Å²) in [4.78, 5) is 0. The first-order valence-corrected chi connectivity index (χ1v) is 14.1. The third-order valence-electron chi connectivity index (χ3n) is 9.91. The Bertz CT molecular complexity index is 504. The molecule has 4 aliphatic rings. The molecule has 0 radical (unpaired) electrons. The molecular formula is C28H50S. The van der Waals surface area contributed by atoms with Crippen LogP contribution in [0.15, 0.2) is 0 Å². The van der Waals surface area contributed by atoms with E-state index in [1.54, 1.807) is 0 Å². The lowest BCUT2D eigenvalue weighted by Crippen LogP contribution is -2.56. The molecule has 4 saturated carbocycles. The summed E-state index contributed by atoms with van der Waals surface area (Å²) < 4.78 is 1.28. The smallest absolute Gasteiger partial charge is 0.0196 e. The zero-order valence-corrected chi connectivity index (χ0v) is 21.4. The molecule has 1 heteroatoms. The van der Waals surface area contributed by atoms with E-state index < -0.39 is 0 Å². The highest BCUT2D eigenvalue weighted by molar-refractivity contribution is 8.02. The van der Waals surface area contributed by atoms with E-state index in [0.717, 1.165) is 23.7 Å². The minimum atomic E-state index is 0.486. The molecule has 0 aromatic rings. The molecule has 0 aliphatic heterocycles. The van der Waals surface area contributed by atoms with Gasteiger partial charge in [0.05, 0.1) is 0 Å². The van der Waals surface area contributed by atoms with Crippen molar-refractivity contribution in [3.8, 4) is 0 Å². The predicted molar refractivity (Wildman–Crippen MR) is 131 cm³/mol. The fraction of sp³-hybridized carbons (Fsp3) is 1.00. The highest BCUT2D eigenvalue weighted by atomic mass is 32.2. The molecule has 4 rings (SSSR count). The normalized spacial score (nSPS) is 37.4. The van der Waals surface area contributed by atoms with Crippen molar-refractivity contribution in [1.82, 2.24) is 0 Å². The lowest BCUT2D eigenvalue weighted by atomic mass is 9.57. The lowest BCUT2D eigenvalue weighted by Gasteiger charge is -2.62. The van der Waals surface area contributed by atoms with Crippen LogP contribution in [0.2, 0.25) is 0 Å². The summed E-state index contributed by atoms with van der Waals surface area (Å²) in [7, 11) is 0. The van der Waals surface area contributed by atoms with Gasteiger partial charge in [0.2, 0.25) is 0 Å². The second-order valence-corrected chi connectivity index (χ2v) is 15.5. The largest absolute Gasteiger partial charge is 0.148 e. The minimum Gasteiger partial charge on any atom is -0.148 e. The molecule has 168 valence electrons. The first kappa shape index (κ1) is 22.5. The van der Waals surface area contributed by atoms with E-state index in [2.05, 4.69) is 53.3 Å². The second kappa shape index (κ2) is 8.04. The Morgan fingerprint density at radius 2 is 0.862 bits per heavy atom. The van der Waals surface area contributed by atoms with Crippen LogP contribution in [-0.2, 0) is 0 Å². The summed E-state index contributed by atoms with van der Waals surface area (Å²) in [5.74, 6) is 3.88. The zero-order chi connectivity index (χ0) is 20.9. The monoisotopic (exact) mass is 418 g/mol. The summed E-state index contributed by atoms with van der Waals surface area (Å²) >= 11 is 2.62. The number of hydrogen-bond acceptors (Lipinski definition) is 1. The van der Waals surface area contributed by atoms with Gasteiger partial charge in [0.25, 0.3) is 0 Å². The predicted octanol–water partition coefficient (Wildman–Crippen LogP) is 9.27. The first-order valence-electron chi connectivity index (χ1n) is 13.3. The SMILES string of the molecule is CC(C)(C)C1CCCCC1C1(SC2(C3CCCCC3C(C)(C)C)CCC2)CCC1. The number of rotatable bonds is 4. The van der Waals surface area contributed by atoms with Crippen molar-refractivity contribution in [3.63, 3.8) is 0 Å². The van der Waals surface area contributed by atoms with Crippen LogP contribution in [0.3, 0.4) is 0 Å². The summed E-state index contributed by atoms with van der Waals surface area (Å²) in [5.41, 5.74) is 0.972. The van der Waals surface area contributed by atoms with E-state index in [1.807, 2.05) is 0 Å².